The molecule has 0 aliphatic rings. The summed E-state index contributed by atoms with van der Waals surface area (Å²) in [6, 6.07) is 2.10. The van der Waals surface area contributed by atoms with E-state index in [1.54, 1.807) is 19.1 Å². The van der Waals surface area contributed by atoms with E-state index in [0.29, 0.717) is 18.6 Å². The predicted molar refractivity (Wildman–Crippen MR) is 156 cm³/mol. The summed E-state index contributed by atoms with van der Waals surface area (Å²) in [6.45, 7) is 3.84. The smallest absolute Gasteiger partial charge is 0.326 e. The van der Waals surface area contributed by atoms with Crippen LogP contribution in [0.15, 0.2) is 29.3 Å². The minimum Gasteiger partial charge on any atom is -0.508 e. The van der Waals surface area contributed by atoms with Crippen LogP contribution in [-0.2, 0) is 25.6 Å². The van der Waals surface area contributed by atoms with Crippen molar-refractivity contribution in [2.75, 3.05) is 18.6 Å². The van der Waals surface area contributed by atoms with Crippen LogP contribution in [0.2, 0.25) is 0 Å². The Morgan fingerprint density at radius 1 is 0.975 bits per heavy atom. The highest BCUT2D eigenvalue weighted by molar-refractivity contribution is 7.98. The number of amides is 3. The number of aliphatic carboxylic acids is 1. The van der Waals surface area contributed by atoms with Gasteiger partial charge in [-0.3, -0.25) is 19.4 Å². The molecule has 40 heavy (non-hydrogen) atoms. The zero-order valence-corrected chi connectivity index (χ0v) is 24.1. The Labute approximate surface area is 239 Å². The Morgan fingerprint density at radius 3 is 2.15 bits per heavy atom. The Hall–Kier alpha value is -3.52. The second kappa shape index (κ2) is 17.9. The third-order valence-electron chi connectivity index (χ3n) is 6.33. The van der Waals surface area contributed by atoms with Gasteiger partial charge in [0.05, 0.1) is 6.04 Å². The van der Waals surface area contributed by atoms with E-state index in [-0.39, 0.29) is 43.4 Å². The van der Waals surface area contributed by atoms with E-state index < -0.39 is 47.9 Å². The van der Waals surface area contributed by atoms with E-state index in [2.05, 4.69) is 20.9 Å². The largest absolute Gasteiger partial charge is 0.508 e. The molecule has 0 heterocycles. The number of hydrogen-bond donors (Lipinski definition) is 8. The molecule has 14 heteroatoms. The van der Waals surface area contributed by atoms with Crippen LogP contribution in [-0.4, -0.2) is 82.6 Å². The summed E-state index contributed by atoms with van der Waals surface area (Å²) < 4.78 is 0. The van der Waals surface area contributed by atoms with E-state index in [1.165, 1.54) is 23.9 Å². The van der Waals surface area contributed by atoms with Crippen molar-refractivity contribution in [3.63, 3.8) is 0 Å². The molecule has 0 saturated carbocycles. The van der Waals surface area contributed by atoms with Crippen LogP contribution in [0.1, 0.15) is 45.1 Å². The summed E-state index contributed by atoms with van der Waals surface area (Å²) >= 11 is 1.45. The molecule has 13 nitrogen and oxygen atoms in total. The van der Waals surface area contributed by atoms with E-state index in [1.807, 2.05) is 13.2 Å². The van der Waals surface area contributed by atoms with Crippen molar-refractivity contribution in [3.8, 4) is 5.75 Å². The van der Waals surface area contributed by atoms with Gasteiger partial charge in [0.1, 0.15) is 23.9 Å². The maximum Gasteiger partial charge on any atom is 0.326 e. The van der Waals surface area contributed by atoms with Crippen molar-refractivity contribution >= 4 is 41.4 Å². The number of guanidine groups is 1. The molecular formula is C26H43N7O6S. The summed E-state index contributed by atoms with van der Waals surface area (Å²) in [5.41, 5.74) is 17.5. The predicted octanol–water partition coefficient (Wildman–Crippen LogP) is -0.346. The molecule has 3 amide bonds. The van der Waals surface area contributed by atoms with Crippen molar-refractivity contribution in [3.05, 3.63) is 29.8 Å². The van der Waals surface area contributed by atoms with E-state index >= 15 is 0 Å². The third-order valence-corrected chi connectivity index (χ3v) is 6.97. The van der Waals surface area contributed by atoms with Gasteiger partial charge in [-0.05, 0) is 61.3 Å². The number of phenols is 1. The van der Waals surface area contributed by atoms with Gasteiger partial charge in [0.25, 0.3) is 0 Å². The van der Waals surface area contributed by atoms with Gasteiger partial charge in [0, 0.05) is 6.54 Å². The van der Waals surface area contributed by atoms with Crippen LogP contribution in [0.5, 0.6) is 5.75 Å². The summed E-state index contributed by atoms with van der Waals surface area (Å²) in [5, 5.41) is 26.9. The van der Waals surface area contributed by atoms with Crippen molar-refractivity contribution in [1.82, 2.24) is 16.0 Å². The standard InChI is InChI=1S/C26H43N7O6S/c1-4-15(2)21(33-22(35)18(27)14-16-7-9-17(34)10-8-16)24(37)31-19(6-5-12-30-26(28)29)23(36)32-20(25(38)39)11-13-40-3/h7-10,15,18-21,34H,4-6,11-14,27H2,1-3H3,(H,31,37)(H,32,36)(H,33,35)(H,38,39)(H4,28,29,30). The van der Waals surface area contributed by atoms with Crippen molar-refractivity contribution in [1.29, 1.82) is 0 Å². The number of nitrogens with two attached hydrogens (primary N) is 3. The van der Waals surface area contributed by atoms with Gasteiger partial charge >= 0.3 is 5.97 Å². The Kier molecular flexibility index (Phi) is 15.5. The number of hydrogen-bond acceptors (Lipinski definition) is 8. The topological polar surface area (TPSA) is 235 Å². The summed E-state index contributed by atoms with van der Waals surface area (Å²) in [5.74, 6) is -2.80. The van der Waals surface area contributed by atoms with E-state index in [4.69, 9.17) is 17.2 Å². The number of nitrogens with zero attached hydrogens (tertiary/aromatic N) is 1. The maximum absolute atomic E-state index is 13.4. The molecule has 11 N–H and O–H groups in total. The first-order valence-electron chi connectivity index (χ1n) is 13.1. The number of carbonyl (C=O) groups is 4. The summed E-state index contributed by atoms with van der Waals surface area (Å²) in [4.78, 5) is 54.9. The molecule has 1 aromatic rings. The fourth-order valence-electron chi connectivity index (χ4n) is 3.74. The number of benzene rings is 1. The van der Waals surface area contributed by atoms with Crippen molar-refractivity contribution in [2.24, 2.45) is 28.1 Å². The molecule has 5 unspecified atom stereocenters. The van der Waals surface area contributed by atoms with Gasteiger partial charge in [-0.25, -0.2) is 4.79 Å². The highest BCUT2D eigenvalue weighted by atomic mass is 32.2. The molecular weight excluding hydrogens is 538 g/mol. The average Bonchev–Trinajstić information content (AvgIpc) is 2.91. The molecule has 0 aliphatic heterocycles. The number of carboxylic acid groups (broad SMARTS) is 1. The molecule has 0 radical (unpaired) electrons. The number of aromatic hydroxyl groups is 1. The first-order chi connectivity index (χ1) is 18.9. The lowest BCUT2D eigenvalue weighted by molar-refractivity contribution is -0.142. The molecule has 224 valence electrons. The molecule has 0 saturated heterocycles. The maximum atomic E-state index is 13.4. The summed E-state index contributed by atoms with van der Waals surface area (Å²) in [6.07, 6.45) is 3.22. The van der Waals surface area contributed by atoms with Gasteiger partial charge in [-0.15, -0.1) is 0 Å². The van der Waals surface area contributed by atoms with Crippen LogP contribution >= 0.6 is 11.8 Å². The van der Waals surface area contributed by atoms with Crippen LogP contribution < -0.4 is 33.2 Å². The normalized spacial score (nSPS) is 14.6. The first-order valence-corrected chi connectivity index (χ1v) is 14.5. The van der Waals surface area contributed by atoms with Gasteiger partial charge in [-0.1, -0.05) is 32.4 Å². The minimum atomic E-state index is -1.18. The number of thioether (sulfide) groups is 1. The van der Waals surface area contributed by atoms with E-state index in [0.717, 1.165) is 5.56 Å². The molecule has 0 bridgehead atoms. The Bertz CT molecular complexity index is 1000. The first kappa shape index (κ1) is 34.5. The quantitative estimate of drug-likeness (QED) is 0.0637. The average molecular weight is 582 g/mol. The monoisotopic (exact) mass is 581 g/mol. The highest BCUT2D eigenvalue weighted by Gasteiger charge is 2.32. The Balaban J connectivity index is 3.03. The third kappa shape index (κ3) is 12.6. The molecule has 0 fully saturated rings. The lowest BCUT2D eigenvalue weighted by Gasteiger charge is -2.28. The van der Waals surface area contributed by atoms with Gasteiger partial charge in [0.15, 0.2) is 5.96 Å². The number of carboxylic acids is 1. The molecule has 0 spiro atoms. The number of phenolic OH excluding ortho intramolecular Hbond substituents is 1. The molecule has 0 aliphatic carbocycles. The fraction of sp³-hybridized carbons (Fsp3) is 0.577. The lowest BCUT2D eigenvalue weighted by atomic mass is 9.96. The lowest BCUT2D eigenvalue weighted by Crippen LogP contribution is -2.58. The second-order valence-corrected chi connectivity index (χ2v) is 10.5. The van der Waals surface area contributed by atoms with Gasteiger partial charge < -0.3 is 43.4 Å². The van der Waals surface area contributed by atoms with E-state index in [9.17, 15) is 29.4 Å². The molecule has 1 rings (SSSR count). The second-order valence-electron chi connectivity index (χ2n) is 9.54. The summed E-state index contributed by atoms with van der Waals surface area (Å²) in [7, 11) is 0. The molecule has 0 aromatic heterocycles. The highest BCUT2D eigenvalue weighted by Crippen LogP contribution is 2.13. The minimum absolute atomic E-state index is 0.0890. The van der Waals surface area contributed by atoms with Gasteiger partial charge in [-0.2, -0.15) is 11.8 Å². The van der Waals surface area contributed by atoms with Crippen LogP contribution in [0.25, 0.3) is 0 Å². The number of nitrogens with one attached hydrogen (secondary N) is 3. The molecule has 1 aromatic carbocycles. The molecule has 5 atom stereocenters. The zero-order chi connectivity index (χ0) is 30.2. The van der Waals surface area contributed by atoms with Crippen LogP contribution in [0.4, 0.5) is 0 Å². The van der Waals surface area contributed by atoms with Crippen molar-refractivity contribution < 1.29 is 29.4 Å². The number of rotatable bonds is 18. The fourth-order valence-corrected chi connectivity index (χ4v) is 4.21. The number of carbonyl (C=O) groups excluding carboxylic acids is 3. The van der Waals surface area contributed by atoms with Crippen molar-refractivity contribution in [2.45, 2.75) is 70.1 Å². The Morgan fingerprint density at radius 2 is 1.60 bits per heavy atom. The van der Waals surface area contributed by atoms with Gasteiger partial charge in [0.2, 0.25) is 17.7 Å². The SMILES string of the molecule is CCC(C)C(NC(=O)C(N)Cc1ccc(O)cc1)C(=O)NC(CCCN=C(N)N)C(=O)NC(CCSC)C(=O)O. The van der Waals surface area contributed by atoms with Crippen LogP contribution in [0.3, 0.4) is 0 Å². The number of aliphatic imine (C=N–C) groups is 1. The van der Waals surface area contributed by atoms with Crippen LogP contribution in [0, 0.1) is 5.92 Å². The zero-order valence-electron chi connectivity index (χ0n) is 23.3.